The predicted octanol–water partition coefficient (Wildman–Crippen LogP) is 3.25. The average molecular weight is 426 g/mol. The maximum absolute atomic E-state index is 13.3. The fraction of sp³-hybridized carbons (Fsp3) is 0.364. The van der Waals surface area contributed by atoms with Crippen LogP contribution < -0.4 is 4.90 Å². The Kier molecular flexibility index (Phi) is 5.67. The molecule has 2 heterocycles. The minimum Gasteiger partial charge on any atom is -0.465 e. The lowest BCUT2D eigenvalue weighted by Gasteiger charge is -2.32. The SMILES string of the molecule is COC(=O)c1ccc(N2C(=O)CC(N(C(=O)c3cccs3)C3CCCC3)C2=O)cc1. The Morgan fingerprint density at radius 3 is 2.40 bits per heavy atom. The number of thiophene rings is 1. The summed E-state index contributed by atoms with van der Waals surface area (Å²) in [6.07, 6.45) is 3.65. The third kappa shape index (κ3) is 3.63. The van der Waals surface area contributed by atoms with Gasteiger partial charge in [0, 0.05) is 6.04 Å². The van der Waals surface area contributed by atoms with Crippen LogP contribution in [0.3, 0.4) is 0 Å². The number of nitrogens with zero attached hydrogens (tertiary/aromatic N) is 2. The van der Waals surface area contributed by atoms with E-state index < -0.39 is 17.9 Å². The van der Waals surface area contributed by atoms with Gasteiger partial charge in [-0.15, -0.1) is 11.3 Å². The number of hydrogen-bond acceptors (Lipinski definition) is 6. The first kappa shape index (κ1) is 20.3. The number of carbonyl (C=O) groups excluding carboxylic acids is 4. The van der Waals surface area contributed by atoms with Crippen molar-refractivity contribution >= 4 is 40.7 Å². The van der Waals surface area contributed by atoms with Gasteiger partial charge >= 0.3 is 5.97 Å². The van der Waals surface area contributed by atoms with E-state index in [9.17, 15) is 19.2 Å². The lowest BCUT2D eigenvalue weighted by molar-refractivity contribution is -0.123. The van der Waals surface area contributed by atoms with Crippen molar-refractivity contribution in [3.8, 4) is 0 Å². The van der Waals surface area contributed by atoms with Crippen molar-refractivity contribution in [2.45, 2.75) is 44.2 Å². The minimum atomic E-state index is -0.810. The molecule has 1 atom stereocenters. The van der Waals surface area contributed by atoms with E-state index in [4.69, 9.17) is 0 Å². The van der Waals surface area contributed by atoms with Gasteiger partial charge in [0.2, 0.25) is 5.91 Å². The summed E-state index contributed by atoms with van der Waals surface area (Å²) >= 11 is 1.34. The molecule has 156 valence electrons. The molecule has 8 heteroatoms. The van der Waals surface area contributed by atoms with E-state index in [1.165, 1.54) is 30.6 Å². The summed E-state index contributed by atoms with van der Waals surface area (Å²) in [4.78, 5) is 54.3. The molecular formula is C22H22N2O5S. The van der Waals surface area contributed by atoms with Crippen molar-refractivity contribution in [3.05, 3.63) is 52.2 Å². The highest BCUT2D eigenvalue weighted by Crippen LogP contribution is 2.33. The molecule has 7 nitrogen and oxygen atoms in total. The number of benzene rings is 1. The van der Waals surface area contributed by atoms with Crippen LogP contribution in [0.4, 0.5) is 5.69 Å². The zero-order valence-corrected chi connectivity index (χ0v) is 17.4. The topological polar surface area (TPSA) is 84.0 Å². The molecule has 4 rings (SSSR count). The number of ether oxygens (including phenoxy) is 1. The minimum absolute atomic E-state index is 0.0365. The van der Waals surface area contributed by atoms with Gasteiger partial charge in [0.05, 0.1) is 29.7 Å². The molecule has 30 heavy (non-hydrogen) atoms. The molecule has 0 bridgehead atoms. The standard InChI is InChI=1S/C22H22N2O5S/c1-29-22(28)14-8-10-16(11-9-14)24-19(25)13-17(20(24)26)23(15-5-2-3-6-15)21(27)18-7-4-12-30-18/h4,7-12,15,17H,2-3,5-6,13H2,1H3. The maximum Gasteiger partial charge on any atom is 0.337 e. The summed E-state index contributed by atoms with van der Waals surface area (Å²) in [6.45, 7) is 0. The highest BCUT2D eigenvalue weighted by Gasteiger charge is 2.47. The van der Waals surface area contributed by atoms with Gasteiger partial charge in [-0.1, -0.05) is 18.9 Å². The lowest BCUT2D eigenvalue weighted by atomic mass is 10.1. The summed E-state index contributed by atoms with van der Waals surface area (Å²) in [5.41, 5.74) is 0.715. The van der Waals surface area contributed by atoms with Gasteiger partial charge in [-0.25, -0.2) is 9.69 Å². The number of anilines is 1. The van der Waals surface area contributed by atoms with Crippen LogP contribution in [-0.4, -0.2) is 47.8 Å². The molecule has 1 unspecified atom stereocenters. The maximum atomic E-state index is 13.3. The molecule has 1 aliphatic heterocycles. The van der Waals surface area contributed by atoms with Gasteiger partial charge in [-0.3, -0.25) is 14.4 Å². The number of carbonyl (C=O) groups is 4. The molecule has 0 N–H and O–H groups in total. The normalized spacial score (nSPS) is 19.4. The molecule has 1 aromatic carbocycles. The van der Waals surface area contributed by atoms with Gasteiger partial charge in [0.15, 0.2) is 0 Å². The molecule has 2 aromatic rings. The second-order valence-electron chi connectivity index (χ2n) is 7.45. The third-order valence-corrected chi connectivity index (χ3v) is 6.55. The zero-order valence-electron chi connectivity index (χ0n) is 16.6. The van der Waals surface area contributed by atoms with Crippen LogP contribution in [0.25, 0.3) is 0 Å². The number of rotatable bonds is 5. The largest absolute Gasteiger partial charge is 0.465 e. The van der Waals surface area contributed by atoms with Gasteiger partial charge in [-0.2, -0.15) is 0 Å². The Hall–Kier alpha value is -3.00. The van der Waals surface area contributed by atoms with Crippen molar-refractivity contribution in [1.29, 1.82) is 0 Å². The monoisotopic (exact) mass is 426 g/mol. The van der Waals surface area contributed by atoms with Gasteiger partial charge in [0.25, 0.3) is 11.8 Å². The van der Waals surface area contributed by atoms with Crippen molar-refractivity contribution in [2.75, 3.05) is 12.0 Å². The van der Waals surface area contributed by atoms with Crippen molar-refractivity contribution in [3.63, 3.8) is 0 Å². The molecule has 0 radical (unpaired) electrons. The summed E-state index contributed by atoms with van der Waals surface area (Å²) in [7, 11) is 1.29. The van der Waals surface area contributed by atoms with Gasteiger partial charge in [0.1, 0.15) is 6.04 Å². The van der Waals surface area contributed by atoms with Crippen LogP contribution in [0.5, 0.6) is 0 Å². The fourth-order valence-corrected chi connectivity index (χ4v) is 4.91. The van der Waals surface area contributed by atoms with Crippen molar-refractivity contribution < 1.29 is 23.9 Å². The molecule has 1 aliphatic carbocycles. The summed E-state index contributed by atoms with van der Waals surface area (Å²) < 4.78 is 4.68. The second kappa shape index (κ2) is 8.39. The Morgan fingerprint density at radius 1 is 1.10 bits per heavy atom. The Morgan fingerprint density at radius 2 is 1.80 bits per heavy atom. The first-order chi connectivity index (χ1) is 14.5. The van der Waals surface area contributed by atoms with Crippen LogP contribution in [0.2, 0.25) is 0 Å². The number of imide groups is 1. The molecule has 1 saturated heterocycles. The van der Waals surface area contributed by atoms with E-state index in [1.807, 2.05) is 11.4 Å². The highest BCUT2D eigenvalue weighted by atomic mass is 32.1. The molecule has 2 aliphatic rings. The number of methoxy groups -OCH3 is 1. The number of esters is 1. The quantitative estimate of drug-likeness (QED) is 0.541. The molecule has 0 spiro atoms. The van der Waals surface area contributed by atoms with Crippen LogP contribution in [0, 0.1) is 0 Å². The van der Waals surface area contributed by atoms with E-state index in [0.717, 1.165) is 30.6 Å². The van der Waals surface area contributed by atoms with Crippen LogP contribution in [-0.2, 0) is 14.3 Å². The predicted molar refractivity (Wildman–Crippen MR) is 111 cm³/mol. The molecular weight excluding hydrogens is 404 g/mol. The second-order valence-corrected chi connectivity index (χ2v) is 8.40. The smallest absolute Gasteiger partial charge is 0.337 e. The van der Waals surface area contributed by atoms with E-state index in [-0.39, 0.29) is 24.3 Å². The van der Waals surface area contributed by atoms with E-state index in [2.05, 4.69) is 4.74 Å². The van der Waals surface area contributed by atoms with Crippen molar-refractivity contribution in [2.24, 2.45) is 0 Å². The Bertz CT molecular complexity index is 964. The summed E-state index contributed by atoms with van der Waals surface area (Å²) in [5.74, 6) is -1.43. The summed E-state index contributed by atoms with van der Waals surface area (Å²) in [5, 5.41) is 1.83. The average Bonchev–Trinajstić information content (AvgIpc) is 3.51. The molecule has 1 saturated carbocycles. The van der Waals surface area contributed by atoms with Crippen molar-refractivity contribution in [1.82, 2.24) is 4.90 Å². The first-order valence-electron chi connectivity index (χ1n) is 9.92. The van der Waals surface area contributed by atoms with Crippen LogP contribution in [0.15, 0.2) is 41.8 Å². The van der Waals surface area contributed by atoms with Crippen LogP contribution >= 0.6 is 11.3 Å². The lowest BCUT2D eigenvalue weighted by Crippen LogP contribution is -2.49. The Labute approximate surface area is 178 Å². The zero-order chi connectivity index (χ0) is 21.3. The van der Waals surface area contributed by atoms with E-state index in [0.29, 0.717) is 16.1 Å². The number of amides is 3. The molecule has 3 amide bonds. The highest BCUT2D eigenvalue weighted by molar-refractivity contribution is 7.12. The number of hydrogen-bond donors (Lipinski definition) is 0. The summed E-state index contributed by atoms with van der Waals surface area (Å²) in [6, 6.07) is 8.83. The third-order valence-electron chi connectivity index (χ3n) is 5.69. The molecule has 2 fully saturated rings. The fourth-order valence-electron chi connectivity index (χ4n) is 4.24. The first-order valence-corrected chi connectivity index (χ1v) is 10.8. The van der Waals surface area contributed by atoms with Crippen LogP contribution in [0.1, 0.15) is 52.1 Å². The van der Waals surface area contributed by atoms with E-state index >= 15 is 0 Å². The van der Waals surface area contributed by atoms with E-state index in [1.54, 1.807) is 23.1 Å². The van der Waals surface area contributed by atoms with Gasteiger partial charge < -0.3 is 9.64 Å². The Balaban J connectivity index is 1.62. The molecule has 1 aromatic heterocycles. The van der Waals surface area contributed by atoms with Gasteiger partial charge in [-0.05, 0) is 48.6 Å².